The van der Waals surface area contributed by atoms with E-state index in [1.165, 1.54) is 22.5 Å². The fourth-order valence-electron chi connectivity index (χ4n) is 2.58. The molecular weight excluding hydrogens is 342 g/mol. The van der Waals surface area contributed by atoms with E-state index < -0.39 is 16.6 Å². The van der Waals surface area contributed by atoms with E-state index >= 15 is 0 Å². The molecule has 134 valence electrons. The van der Waals surface area contributed by atoms with Gasteiger partial charge in [-0.3, -0.25) is 4.79 Å². The predicted octanol–water partition coefficient (Wildman–Crippen LogP) is 2.29. The Morgan fingerprint density at radius 2 is 1.96 bits per heavy atom. The van der Waals surface area contributed by atoms with Crippen LogP contribution in [0.25, 0.3) is 0 Å². The highest BCUT2D eigenvalue weighted by molar-refractivity contribution is 7.89. The number of anilines is 1. The Bertz CT molecular complexity index is 674. The minimum atomic E-state index is -3.25. The number of para-hydroxylation sites is 2. The number of hydrogen-bond donors (Lipinski definition) is 1. The summed E-state index contributed by atoms with van der Waals surface area (Å²) in [6.07, 6.45) is 0.784. The number of ether oxygens (including phenoxy) is 1. The van der Waals surface area contributed by atoms with Gasteiger partial charge in [0.25, 0.3) is 0 Å². The van der Waals surface area contributed by atoms with E-state index in [1.807, 2.05) is 0 Å². The number of nitrogens with one attached hydrogen (secondary N) is 1. The van der Waals surface area contributed by atoms with E-state index in [9.17, 15) is 22.0 Å². The number of sulfonamides is 1. The molecule has 0 radical (unpaired) electrons. The van der Waals surface area contributed by atoms with Crippen molar-refractivity contribution >= 4 is 21.6 Å². The molecule has 1 heterocycles. The first-order chi connectivity index (χ1) is 11.3. The number of alkyl halides is 2. The van der Waals surface area contributed by atoms with Crippen LogP contribution < -0.4 is 10.1 Å². The molecule has 1 fully saturated rings. The van der Waals surface area contributed by atoms with Gasteiger partial charge < -0.3 is 10.1 Å². The lowest BCUT2D eigenvalue weighted by Gasteiger charge is -2.30. The quantitative estimate of drug-likeness (QED) is 0.842. The van der Waals surface area contributed by atoms with Gasteiger partial charge in [0.2, 0.25) is 15.9 Å². The lowest BCUT2D eigenvalue weighted by molar-refractivity contribution is -0.121. The number of nitrogens with zero attached hydrogens (tertiary/aromatic N) is 1. The summed E-state index contributed by atoms with van der Waals surface area (Å²) in [6, 6.07) is 5.95. The highest BCUT2D eigenvalue weighted by Crippen LogP contribution is 2.27. The standard InChI is InChI=1S/C15H20F2N2O4S/c1-2-24(21,22)19-9-7-11(8-10-19)14(20)18-12-5-3-4-6-13(12)23-15(16)17/h3-6,11,15H,2,7-10H2,1H3,(H,18,20). The van der Waals surface area contributed by atoms with Crippen LogP contribution >= 0.6 is 0 Å². The van der Waals surface area contributed by atoms with E-state index in [-0.39, 0.29) is 42.1 Å². The van der Waals surface area contributed by atoms with Crippen molar-refractivity contribution in [1.29, 1.82) is 0 Å². The summed E-state index contributed by atoms with van der Waals surface area (Å²) in [4.78, 5) is 12.3. The third-order valence-corrected chi connectivity index (χ3v) is 5.83. The third-order valence-electron chi connectivity index (χ3n) is 3.94. The van der Waals surface area contributed by atoms with Crippen molar-refractivity contribution in [3.05, 3.63) is 24.3 Å². The molecule has 9 heteroatoms. The second-order valence-electron chi connectivity index (χ2n) is 5.44. The van der Waals surface area contributed by atoms with Crippen LogP contribution in [-0.2, 0) is 14.8 Å². The number of carbonyl (C=O) groups is 1. The Morgan fingerprint density at radius 1 is 1.33 bits per heavy atom. The number of benzene rings is 1. The average Bonchev–Trinajstić information content (AvgIpc) is 2.56. The van der Waals surface area contributed by atoms with Gasteiger partial charge in [0, 0.05) is 19.0 Å². The molecule has 0 bridgehead atoms. The molecule has 1 amide bonds. The largest absolute Gasteiger partial charge is 0.433 e. The van der Waals surface area contributed by atoms with Gasteiger partial charge in [-0.2, -0.15) is 8.78 Å². The maximum absolute atomic E-state index is 12.4. The van der Waals surface area contributed by atoms with Crippen molar-refractivity contribution in [3.8, 4) is 5.75 Å². The Hall–Kier alpha value is -1.74. The van der Waals surface area contributed by atoms with Crippen LogP contribution in [0.3, 0.4) is 0 Å². The maximum Gasteiger partial charge on any atom is 0.387 e. The molecule has 0 aromatic heterocycles. The molecule has 1 N–H and O–H groups in total. The van der Waals surface area contributed by atoms with Crippen molar-refractivity contribution in [1.82, 2.24) is 4.31 Å². The van der Waals surface area contributed by atoms with Gasteiger partial charge in [-0.15, -0.1) is 0 Å². The van der Waals surface area contributed by atoms with E-state index in [4.69, 9.17) is 0 Å². The van der Waals surface area contributed by atoms with E-state index in [0.29, 0.717) is 12.8 Å². The fourth-order valence-corrected chi connectivity index (χ4v) is 3.71. The van der Waals surface area contributed by atoms with Crippen LogP contribution in [-0.4, -0.2) is 44.1 Å². The molecule has 6 nitrogen and oxygen atoms in total. The first-order valence-electron chi connectivity index (χ1n) is 7.66. The fraction of sp³-hybridized carbons (Fsp3) is 0.533. The van der Waals surface area contributed by atoms with E-state index in [0.717, 1.165) is 0 Å². The van der Waals surface area contributed by atoms with Crippen molar-refractivity contribution in [2.24, 2.45) is 5.92 Å². The lowest BCUT2D eigenvalue weighted by atomic mass is 9.97. The van der Waals surface area contributed by atoms with Crippen LogP contribution in [0.4, 0.5) is 14.5 Å². The number of amides is 1. The summed E-state index contributed by atoms with van der Waals surface area (Å²) < 4.78 is 54.1. The molecule has 1 aromatic rings. The van der Waals surface area contributed by atoms with Crippen molar-refractivity contribution in [2.45, 2.75) is 26.4 Å². The number of piperidine rings is 1. The van der Waals surface area contributed by atoms with Crippen LogP contribution in [0.2, 0.25) is 0 Å². The summed E-state index contributed by atoms with van der Waals surface area (Å²) >= 11 is 0. The number of hydrogen-bond acceptors (Lipinski definition) is 4. The molecule has 2 rings (SSSR count). The zero-order valence-electron chi connectivity index (χ0n) is 13.2. The Morgan fingerprint density at radius 3 is 2.54 bits per heavy atom. The molecule has 0 saturated carbocycles. The second-order valence-corrected chi connectivity index (χ2v) is 7.70. The van der Waals surface area contributed by atoms with Crippen LogP contribution in [0.1, 0.15) is 19.8 Å². The Balaban J connectivity index is 1.97. The number of halogens is 2. The monoisotopic (exact) mass is 362 g/mol. The lowest BCUT2D eigenvalue weighted by Crippen LogP contribution is -2.42. The normalized spacial score (nSPS) is 17.0. The van der Waals surface area contributed by atoms with Crippen molar-refractivity contribution < 1.29 is 26.7 Å². The van der Waals surface area contributed by atoms with Crippen LogP contribution in [0.15, 0.2) is 24.3 Å². The van der Waals surface area contributed by atoms with Gasteiger partial charge in [0.1, 0.15) is 5.75 Å². The first kappa shape index (κ1) is 18.6. The smallest absolute Gasteiger partial charge is 0.387 e. The Labute approximate surface area is 139 Å². The molecule has 1 aromatic carbocycles. The van der Waals surface area contributed by atoms with Gasteiger partial charge in [-0.1, -0.05) is 12.1 Å². The highest BCUT2D eigenvalue weighted by atomic mass is 32.2. The molecule has 0 unspecified atom stereocenters. The van der Waals surface area contributed by atoms with E-state index in [2.05, 4.69) is 10.1 Å². The minimum Gasteiger partial charge on any atom is -0.433 e. The SMILES string of the molecule is CCS(=O)(=O)N1CCC(C(=O)Nc2ccccc2OC(F)F)CC1. The molecule has 0 spiro atoms. The molecular formula is C15H20F2N2O4S. The van der Waals surface area contributed by atoms with Crippen LogP contribution in [0, 0.1) is 5.92 Å². The number of rotatable bonds is 6. The van der Waals surface area contributed by atoms with Gasteiger partial charge in [0.05, 0.1) is 11.4 Å². The molecule has 1 aliphatic rings. The minimum absolute atomic E-state index is 0.0300. The Kier molecular flexibility index (Phi) is 6.11. The second kappa shape index (κ2) is 7.89. The molecule has 1 saturated heterocycles. The molecule has 0 atom stereocenters. The van der Waals surface area contributed by atoms with Crippen molar-refractivity contribution in [2.75, 3.05) is 24.2 Å². The van der Waals surface area contributed by atoms with Gasteiger partial charge in [-0.05, 0) is 31.9 Å². The molecule has 24 heavy (non-hydrogen) atoms. The van der Waals surface area contributed by atoms with Gasteiger partial charge >= 0.3 is 6.61 Å². The van der Waals surface area contributed by atoms with Crippen LogP contribution in [0.5, 0.6) is 5.75 Å². The topological polar surface area (TPSA) is 75.7 Å². The van der Waals surface area contributed by atoms with E-state index in [1.54, 1.807) is 13.0 Å². The van der Waals surface area contributed by atoms with Gasteiger partial charge in [-0.25, -0.2) is 12.7 Å². The zero-order valence-corrected chi connectivity index (χ0v) is 14.1. The molecule has 1 aliphatic heterocycles. The summed E-state index contributed by atoms with van der Waals surface area (Å²) in [6.45, 7) is -0.841. The van der Waals surface area contributed by atoms with Crippen molar-refractivity contribution in [3.63, 3.8) is 0 Å². The summed E-state index contributed by atoms with van der Waals surface area (Å²) in [5.41, 5.74) is 0.173. The first-order valence-corrected chi connectivity index (χ1v) is 9.27. The highest BCUT2D eigenvalue weighted by Gasteiger charge is 2.30. The average molecular weight is 362 g/mol. The number of carbonyl (C=O) groups excluding carboxylic acids is 1. The predicted molar refractivity (Wildman–Crippen MR) is 85.5 cm³/mol. The van der Waals surface area contributed by atoms with Gasteiger partial charge in [0.15, 0.2) is 0 Å². The summed E-state index contributed by atoms with van der Waals surface area (Å²) in [5, 5.41) is 2.59. The zero-order chi connectivity index (χ0) is 17.7. The third kappa shape index (κ3) is 4.64. The maximum atomic E-state index is 12.4. The summed E-state index contributed by atoms with van der Waals surface area (Å²) in [7, 11) is -3.25. The molecule has 0 aliphatic carbocycles. The summed E-state index contributed by atoms with van der Waals surface area (Å²) in [5.74, 6) is -0.768.